The van der Waals surface area contributed by atoms with Crippen molar-refractivity contribution >= 4 is 6.09 Å². The van der Waals surface area contributed by atoms with Crippen molar-refractivity contribution in [2.45, 2.75) is 25.7 Å². The van der Waals surface area contributed by atoms with Gasteiger partial charge < -0.3 is 15.0 Å². The molecular weight excluding hydrogens is 261 g/mol. The number of aryl methyl sites for hydroxylation is 1. The van der Waals surface area contributed by atoms with E-state index in [0.717, 1.165) is 29.9 Å². The van der Waals surface area contributed by atoms with Gasteiger partial charge in [0, 0.05) is 24.4 Å². The van der Waals surface area contributed by atoms with Crippen LogP contribution in [0.25, 0.3) is 5.69 Å². The first-order valence-corrected chi connectivity index (χ1v) is 6.37. The number of halogens is 1. The van der Waals surface area contributed by atoms with Crippen LogP contribution in [0.3, 0.4) is 0 Å². The van der Waals surface area contributed by atoms with Crippen LogP contribution in [-0.2, 0) is 0 Å². The molecule has 1 aliphatic carbocycles. The molecule has 6 heteroatoms. The van der Waals surface area contributed by atoms with Crippen molar-refractivity contribution in [1.82, 2.24) is 9.55 Å². The number of hydrogen-bond donors (Lipinski definition) is 1. The van der Waals surface area contributed by atoms with Gasteiger partial charge in [-0.1, -0.05) is 0 Å². The molecule has 104 valence electrons. The van der Waals surface area contributed by atoms with Crippen molar-refractivity contribution < 1.29 is 13.9 Å². The first-order chi connectivity index (χ1) is 9.56. The highest BCUT2D eigenvalue weighted by molar-refractivity contribution is 5.68. The molecule has 5 nitrogen and oxygen atoms in total. The van der Waals surface area contributed by atoms with Gasteiger partial charge in [0.15, 0.2) is 11.6 Å². The van der Waals surface area contributed by atoms with E-state index in [-0.39, 0.29) is 5.75 Å². The molecule has 2 aromatic rings. The van der Waals surface area contributed by atoms with E-state index < -0.39 is 11.9 Å². The minimum absolute atomic E-state index is 0.173. The largest absolute Gasteiger partial charge is 0.410 e. The van der Waals surface area contributed by atoms with Gasteiger partial charge in [0.1, 0.15) is 5.82 Å². The molecule has 3 rings (SSSR count). The summed E-state index contributed by atoms with van der Waals surface area (Å²) in [4.78, 5) is 15.1. The van der Waals surface area contributed by atoms with Crippen molar-refractivity contribution in [3.05, 3.63) is 41.7 Å². The van der Waals surface area contributed by atoms with Crippen LogP contribution < -0.4 is 10.5 Å². The Morgan fingerprint density at radius 3 is 2.90 bits per heavy atom. The second-order valence-electron chi connectivity index (χ2n) is 4.92. The molecule has 1 fully saturated rings. The van der Waals surface area contributed by atoms with Gasteiger partial charge in [-0.25, -0.2) is 14.2 Å². The average Bonchev–Trinajstić information content (AvgIpc) is 3.11. The van der Waals surface area contributed by atoms with Gasteiger partial charge in [0.25, 0.3) is 0 Å². The Hall–Kier alpha value is -2.37. The quantitative estimate of drug-likeness (QED) is 0.936. The van der Waals surface area contributed by atoms with E-state index in [1.807, 2.05) is 10.8 Å². The van der Waals surface area contributed by atoms with Crippen LogP contribution in [0.5, 0.6) is 5.75 Å². The van der Waals surface area contributed by atoms with Crippen LogP contribution >= 0.6 is 0 Å². The third-order valence-corrected chi connectivity index (χ3v) is 3.33. The summed E-state index contributed by atoms with van der Waals surface area (Å²) in [5.41, 5.74) is 6.41. The second kappa shape index (κ2) is 4.63. The molecule has 0 aliphatic heterocycles. The monoisotopic (exact) mass is 275 g/mol. The Morgan fingerprint density at radius 1 is 1.50 bits per heavy atom. The summed E-state index contributed by atoms with van der Waals surface area (Å²) in [6, 6.07) is 2.80. The highest BCUT2D eigenvalue weighted by Crippen LogP contribution is 2.40. The first kappa shape index (κ1) is 12.7. The van der Waals surface area contributed by atoms with Gasteiger partial charge >= 0.3 is 6.09 Å². The first-order valence-electron chi connectivity index (χ1n) is 6.37. The highest BCUT2D eigenvalue weighted by Gasteiger charge is 2.28. The Bertz CT molecular complexity index is 677. The Labute approximate surface area is 115 Å². The molecule has 1 heterocycles. The molecule has 1 saturated carbocycles. The van der Waals surface area contributed by atoms with Crippen LogP contribution in [-0.4, -0.2) is 15.6 Å². The van der Waals surface area contributed by atoms with E-state index in [4.69, 9.17) is 5.73 Å². The number of aromatic nitrogens is 2. The number of carbonyl (C=O) groups excluding carboxylic acids is 1. The summed E-state index contributed by atoms with van der Waals surface area (Å²) in [6.45, 7) is 1.79. The number of ether oxygens (including phenoxy) is 1. The second-order valence-corrected chi connectivity index (χ2v) is 4.92. The standard InChI is InChI=1S/C14H14FN3O2/c1-8-6-10(15)12(20-14(16)19)7-11(8)18-5-4-17-13(18)9-2-3-9/h4-7,9H,2-3H2,1H3,(H2,16,19). The average molecular weight is 275 g/mol. The van der Waals surface area contributed by atoms with Gasteiger partial charge in [-0.05, 0) is 31.4 Å². The Morgan fingerprint density at radius 2 is 2.25 bits per heavy atom. The van der Waals surface area contributed by atoms with E-state index in [1.165, 1.54) is 12.1 Å². The molecule has 20 heavy (non-hydrogen) atoms. The van der Waals surface area contributed by atoms with E-state index in [2.05, 4.69) is 9.72 Å². The smallest absolute Gasteiger partial charge is 0.407 e. The molecule has 0 saturated heterocycles. The third kappa shape index (κ3) is 2.24. The van der Waals surface area contributed by atoms with Crippen LogP contribution in [0, 0.1) is 12.7 Å². The number of nitrogens with zero attached hydrogens (tertiary/aromatic N) is 2. The maximum atomic E-state index is 13.7. The number of carbonyl (C=O) groups is 1. The molecule has 0 radical (unpaired) electrons. The molecule has 1 aromatic carbocycles. The Kier molecular flexibility index (Phi) is 2.93. The number of amides is 1. The van der Waals surface area contributed by atoms with E-state index in [9.17, 15) is 9.18 Å². The predicted molar refractivity (Wildman–Crippen MR) is 70.4 cm³/mol. The fraction of sp³-hybridized carbons (Fsp3) is 0.286. The lowest BCUT2D eigenvalue weighted by Crippen LogP contribution is -2.17. The minimum atomic E-state index is -1.04. The third-order valence-electron chi connectivity index (χ3n) is 3.33. The summed E-state index contributed by atoms with van der Waals surface area (Å²) in [6.07, 6.45) is 4.73. The summed E-state index contributed by atoms with van der Waals surface area (Å²) in [7, 11) is 0. The number of primary amides is 1. The van der Waals surface area contributed by atoms with E-state index in [0.29, 0.717) is 5.92 Å². The van der Waals surface area contributed by atoms with Gasteiger partial charge in [0.2, 0.25) is 0 Å². The fourth-order valence-corrected chi connectivity index (χ4v) is 2.25. The van der Waals surface area contributed by atoms with Gasteiger partial charge in [-0.15, -0.1) is 0 Å². The number of hydrogen-bond acceptors (Lipinski definition) is 3. The zero-order valence-corrected chi connectivity index (χ0v) is 11.0. The predicted octanol–water partition coefficient (Wildman–Crippen LogP) is 2.65. The van der Waals surface area contributed by atoms with Crippen molar-refractivity contribution in [2.75, 3.05) is 0 Å². The summed E-state index contributed by atoms with van der Waals surface area (Å²) < 4.78 is 20.3. The van der Waals surface area contributed by atoms with Crippen LogP contribution in [0.15, 0.2) is 24.5 Å². The zero-order valence-electron chi connectivity index (χ0n) is 11.0. The topological polar surface area (TPSA) is 70.1 Å². The van der Waals surface area contributed by atoms with Crippen molar-refractivity contribution in [3.63, 3.8) is 0 Å². The maximum absolute atomic E-state index is 13.7. The molecule has 0 spiro atoms. The number of imidazole rings is 1. The molecule has 1 aromatic heterocycles. The van der Waals surface area contributed by atoms with Gasteiger partial charge in [-0.3, -0.25) is 0 Å². The van der Waals surface area contributed by atoms with E-state index >= 15 is 0 Å². The molecule has 1 amide bonds. The maximum Gasteiger partial charge on any atom is 0.410 e. The van der Waals surface area contributed by atoms with Crippen LogP contribution in [0.1, 0.15) is 30.1 Å². The zero-order chi connectivity index (χ0) is 14.3. The van der Waals surface area contributed by atoms with Crippen LogP contribution in [0.2, 0.25) is 0 Å². The molecule has 0 unspecified atom stereocenters. The van der Waals surface area contributed by atoms with Crippen molar-refractivity contribution in [3.8, 4) is 11.4 Å². The number of benzene rings is 1. The molecule has 0 bridgehead atoms. The lowest BCUT2D eigenvalue weighted by molar-refractivity contribution is 0.208. The van der Waals surface area contributed by atoms with Gasteiger partial charge in [-0.2, -0.15) is 0 Å². The molecule has 2 N–H and O–H groups in total. The molecule has 0 atom stereocenters. The van der Waals surface area contributed by atoms with E-state index in [1.54, 1.807) is 13.1 Å². The molecule has 1 aliphatic rings. The SMILES string of the molecule is Cc1cc(F)c(OC(N)=O)cc1-n1ccnc1C1CC1. The number of rotatable bonds is 3. The lowest BCUT2D eigenvalue weighted by Gasteiger charge is -2.13. The lowest BCUT2D eigenvalue weighted by atomic mass is 10.1. The summed E-state index contributed by atoms with van der Waals surface area (Å²) in [5, 5.41) is 0. The molecular formula is C14H14FN3O2. The minimum Gasteiger partial charge on any atom is -0.407 e. The number of nitrogens with two attached hydrogens (primary N) is 1. The Balaban J connectivity index is 2.08. The highest BCUT2D eigenvalue weighted by atomic mass is 19.1. The fourth-order valence-electron chi connectivity index (χ4n) is 2.25. The summed E-state index contributed by atoms with van der Waals surface area (Å²) >= 11 is 0. The summed E-state index contributed by atoms with van der Waals surface area (Å²) in [5.74, 6) is 0.617. The van der Waals surface area contributed by atoms with Gasteiger partial charge in [0.05, 0.1) is 5.69 Å². The van der Waals surface area contributed by atoms with Crippen molar-refractivity contribution in [1.29, 1.82) is 0 Å². The van der Waals surface area contributed by atoms with Crippen LogP contribution in [0.4, 0.5) is 9.18 Å². The normalized spacial score (nSPS) is 14.3. The van der Waals surface area contributed by atoms with Crippen molar-refractivity contribution in [2.24, 2.45) is 5.73 Å².